The topological polar surface area (TPSA) is 61.0 Å². The molecule has 3 aromatic heterocycles. The molecule has 0 aliphatic carbocycles. The molecule has 0 saturated heterocycles. The molecule has 0 aliphatic heterocycles. The fourth-order valence-electron chi connectivity index (χ4n) is 3.27. The van der Waals surface area contributed by atoms with Crippen LogP contribution < -0.4 is 4.74 Å². The third-order valence-corrected chi connectivity index (χ3v) is 5.52. The minimum atomic E-state index is 0.407. The van der Waals surface area contributed by atoms with Gasteiger partial charge in [-0.05, 0) is 58.3 Å². The number of nitrogens with zero attached hydrogens (tertiary/aromatic N) is 3. The van der Waals surface area contributed by atoms with Gasteiger partial charge in [-0.1, -0.05) is 36.4 Å². The fraction of sp³-hybridized carbons (Fsp3) is 0.0800. The number of rotatable bonds is 6. The standard InChI is InChI=1S/C25H19N3O2S/c1-17-27-28-25(30-17)23(14-18-12-13-31-16-18)19-7-10-22(11-8-19)29-15-21-9-6-20-4-2-3-5-24(20)26-21/h2-14,16H,15H2,1H3. The molecule has 2 aromatic carbocycles. The lowest BCUT2D eigenvalue weighted by molar-refractivity contribution is 0.302. The Morgan fingerprint density at radius 3 is 2.65 bits per heavy atom. The normalized spacial score (nSPS) is 11.7. The maximum absolute atomic E-state index is 5.96. The quantitative estimate of drug-likeness (QED) is 0.326. The van der Waals surface area contributed by atoms with Gasteiger partial charge in [-0.3, -0.25) is 0 Å². The summed E-state index contributed by atoms with van der Waals surface area (Å²) >= 11 is 1.65. The zero-order valence-corrected chi connectivity index (χ0v) is 17.7. The van der Waals surface area contributed by atoms with Gasteiger partial charge in [0.1, 0.15) is 12.4 Å². The van der Waals surface area contributed by atoms with Gasteiger partial charge in [0.25, 0.3) is 0 Å². The van der Waals surface area contributed by atoms with Crippen molar-refractivity contribution < 1.29 is 9.15 Å². The molecule has 0 amide bonds. The van der Waals surface area contributed by atoms with Crippen molar-refractivity contribution in [3.05, 3.63) is 106 Å². The van der Waals surface area contributed by atoms with E-state index in [1.807, 2.05) is 53.9 Å². The van der Waals surface area contributed by atoms with E-state index < -0.39 is 0 Å². The Hall–Kier alpha value is -3.77. The van der Waals surface area contributed by atoms with E-state index >= 15 is 0 Å². The Balaban J connectivity index is 1.36. The molecule has 0 fully saturated rings. The predicted molar refractivity (Wildman–Crippen MR) is 123 cm³/mol. The van der Waals surface area contributed by atoms with Crippen molar-refractivity contribution in [1.82, 2.24) is 15.2 Å². The molecule has 0 N–H and O–H groups in total. The number of benzene rings is 2. The van der Waals surface area contributed by atoms with E-state index in [0.717, 1.165) is 39.0 Å². The first-order valence-electron chi connectivity index (χ1n) is 9.87. The largest absolute Gasteiger partial charge is 0.487 e. The Bertz CT molecular complexity index is 1340. The average molecular weight is 426 g/mol. The number of aromatic nitrogens is 3. The van der Waals surface area contributed by atoms with Crippen LogP contribution in [0.4, 0.5) is 0 Å². The molecule has 0 saturated carbocycles. The molecule has 0 bridgehead atoms. The molecule has 0 spiro atoms. The fourth-order valence-corrected chi connectivity index (χ4v) is 3.89. The maximum atomic E-state index is 5.96. The number of ether oxygens (including phenoxy) is 1. The summed E-state index contributed by atoms with van der Waals surface area (Å²) in [6.45, 7) is 2.20. The molecule has 0 unspecified atom stereocenters. The summed E-state index contributed by atoms with van der Waals surface area (Å²) in [5, 5.41) is 13.4. The number of aryl methyl sites for hydroxylation is 1. The van der Waals surface area contributed by atoms with Crippen LogP contribution >= 0.6 is 11.3 Å². The lowest BCUT2D eigenvalue weighted by atomic mass is 10.0. The van der Waals surface area contributed by atoms with E-state index in [4.69, 9.17) is 9.15 Å². The molecule has 3 heterocycles. The van der Waals surface area contributed by atoms with Crippen LogP contribution in [0, 0.1) is 6.92 Å². The number of para-hydroxylation sites is 1. The van der Waals surface area contributed by atoms with Crippen molar-refractivity contribution in [2.45, 2.75) is 13.5 Å². The molecule has 5 nitrogen and oxygen atoms in total. The van der Waals surface area contributed by atoms with E-state index in [2.05, 4.69) is 44.8 Å². The Morgan fingerprint density at radius 1 is 1.00 bits per heavy atom. The van der Waals surface area contributed by atoms with E-state index in [0.29, 0.717) is 18.4 Å². The van der Waals surface area contributed by atoms with Gasteiger partial charge in [0, 0.05) is 17.9 Å². The summed E-state index contributed by atoms with van der Waals surface area (Å²) < 4.78 is 11.7. The van der Waals surface area contributed by atoms with Crippen LogP contribution in [0.5, 0.6) is 5.75 Å². The molecular formula is C25H19N3O2S. The predicted octanol–water partition coefficient (Wildman–Crippen LogP) is 6.16. The van der Waals surface area contributed by atoms with Gasteiger partial charge in [0.15, 0.2) is 0 Å². The van der Waals surface area contributed by atoms with E-state index in [1.165, 1.54) is 0 Å². The molecule has 152 valence electrons. The molecule has 5 rings (SSSR count). The highest BCUT2D eigenvalue weighted by Crippen LogP contribution is 2.28. The number of fused-ring (bicyclic) bond motifs is 1. The first kappa shape index (κ1) is 19.2. The Morgan fingerprint density at radius 2 is 1.87 bits per heavy atom. The number of hydrogen-bond acceptors (Lipinski definition) is 6. The SMILES string of the molecule is Cc1nnc(C(=Cc2ccsc2)c2ccc(OCc3ccc4ccccc4n3)cc2)o1. The summed E-state index contributed by atoms with van der Waals surface area (Å²) in [5.41, 5.74) is 4.81. The summed E-state index contributed by atoms with van der Waals surface area (Å²) in [5.74, 6) is 1.81. The number of pyridine rings is 1. The van der Waals surface area contributed by atoms with Gasteiger partial charge in [0.2, 0.25) is 11.8 Å². The van der Waals surface area contributed by atoms with Crippen LogP contribution in [0.15, 0.2) is 81.9 Å². The van der Waals surface area contributed by atoms with Crippen molar-refractivity contribution in [1.29, 1.82) is 0 Å². The van der Waals surface area contributed by atoms with Gasteiger partial charge in [-0.15, -0.1) is 10.2 Å². The summed E-state index contributed by atoms with van der Waals surface area (Å²) in [6.07, 6.45) is 2.05. The van der Waals surface area contributed by atoms with Crippen LogP contribution in [0.3, 0.4) is 0 Å². The van der Waals surface area contributed by atoms with Gasteiger partial charge in [-0.2, -0.15) is 11.3 Å². The highest BCUT2D eigenvalue weighted by Gasteiger charge is 2.13. The van der Waals surface area contributed by atoms with Crippen LogP contribution in [-0.4, -0.2) is 15.2 Å². The Labute approximate surface area is 183 Å². The van der Waals surface area contributed by atoms with Gasteiger partial charge >= 0.3 is 0 Å². The minimum Gasteiger partial charge on any atom is -0.487 e. The van der Waals surface area contributed by atoms with Gasteiger partial charge < -0.3 is 9.15 Å². The summed E-state index contributed by atoms with van der Waals surface area (Å²) in [4.78, 5) is 4.66. The molecule has 6 heteroatoms. The molecule has 31 heavy (non-hydrogen) atoms. The van der Waals surface area contributed by atoms with E-state index in [9.17, 15) is 0 Å². The second-order valence-corrected chi connectivity index (χ2v) is 7.83. The van der Waals surface area contributed by atoms with E-state index in [1.54, 1.807) is 18.3 Å². The smallest absolute Gasteiger partial charge is 0.248 e. The first-order valence-corrected chi connectivity index (χ1v) is 10.8. The molecule has 0 aliphatic rings. The average Bonchev–Trinajstić information content (AvgIpc) is 3.48. The lowest BCUT2D eigenvalue weighted by Crippen LogP contribution is -1.98. The molecule has 0 radical (unpaired) electrons. The van der Waals surface area contributed by atoms with Crippen molar-refractivity contribution in [2.75, 3.05) is 0 Å². The monoisotopic (exact) mass is 425 g/mol. The summed E-state index contributed by atoms with van der Waals surface area (Å²) in [7, 11) is 0. The van der Waals surface area contributed by atoms with Crippen LogP contribution in [0.2, 0.25) is 0 Å². The van der Waals surface area contributed by atoms with Crippen LogP contribution in [0.25, 0.3) is 22.6 Å². The van der Waals surface area contributed by atoms with Crippen molar-refractivity contribution in [3.63, 3.8) is 0 Å². The van der Waals surface area contributed by atoms with Crippen LogP contribution in [-0.2, 0) is 6.61 Å². The molecule has 0 atom stereocenters. The maximum Gasteiger partial charge on any atom is 0.248 e. The molecule has 5 aromatic rings. The first-order chi connectivity index (χ1) is 15.2. The lowest BCUT2D eigenvalue weighted by Gasteiger charge is -2.09. The zero-order chi connectivity index (χ0) is 21.0. The minimum absolute atomic E-state index is 0.407. The third kappa shape index (κ3) is 4.39. The highest BCUT2D eigenvalue weighted by molar-refractivity contribution is 7.08. The third-order valence-electron chi connectivity index (χ3n) is 4.82. The molecular weight excluding hydrogens is 406 g/mol. The zero-order valence-electron chi connectivity index (χ0n) is 16.9. The second kappa shape index (κ2) is 8.53. The Kier molecular flexibility index (Phi) is 5.29. The van der Waals surface area contributed by atoms with Gasteiger partial charge in [0.05, 0.1) is 11.2 Å². The van der Waals surface area contributed by atoms with Crippen molar-refractivity contribution >= 4 is 33.9 Å². The number of thiophene rings is 1. The number of hydrogen-bond donors (Lipinski definition) is 0. The summed E-state index contributed by atoms with van der Waals surface area (Å²) in [6, 6.07) is 22.1. The second-order valence-electron chi connectivity index (χ2n) is 7.05. The van der Waals surface area contributed by atoms with Crippen LogP contribution in [0.1, 0.15) is 28.6 Å². The van der Waals surface area contributed by atoms with Gasteiger partial charge in [-0.25, -0.2) is 4.98 Å². The van der Waals surface area contributed by atoms with Crippen molar-refractivity contribution in [2.24, 2.45) is 0 Å². The highest BCUT2D eigenvalue weighted by atomic mass is 32.1. The van der Waals surface area contributed by atoms with E-state index in [-0.39, 0.29) is 0 Å². The van der Waals surface area contributed by atoms with Crippen molar-refractivity contribution in [3.8, 4) is 5.75 Å².